The Bertz CT molecular complexity index is 917. The molecule has 0 atom stereocenters. The van der Waals surface area contributed by atoms with E-state index in [1.165, 1.54) is 6.20 Å². The zero-order valence-electron chi connectivity index (χ0n) is 14.4. The molecule has 0 spiro atoms. The molecule has 0 saturated carbocycles. The van der Waals surface area contributed by atoms with E-state index in [-0.39, 0.29) is 5.91 Å². The summed E-state index contributed by atoms with van der Waals surface area (Å²) in [5.41, 5.74) is 1.27. The van der Waals surface area contributed by atoms with Crippen LogP contribution in [0.15, 0.2) is 36.9 Å². The molecule has 0 radical (unpaired) electrons. The highest BCUT2D eigenvalue weighted by Gasteiger charge is 2.27. The van der Waals surface area contributed by atoms with Gasteiger partial charge in [-0.3, -0.25) is 4.79 Å². The number of likely N-dealkylation sites (tertiary alicyclic amines) is 1. The maximum absolute atomic E-state index is 12.6. The molecule has 0 bridgehead atoms. The minimum Gasteiger partial charge on any atom is -0.356 e. The molecule has 1 fully saturated rings. The molecule has 1 aliphatic rings. The Morgan fingerprint density at radius 3 is 2.77 bits per heavy atom. The third-order valence-corrected chi connectivity index (χ3v) is 5.14. The minimum absolute atomic E-state index is 0.0437. The maximum Gasteiger partial charge on any atom is 0.272 e. The van der Waals surface area contributed by atoms with E-state index < -0.39 is 0 Å². The number of nitrogens with zero attached hydrogens (tertiary/aromatic N) is 5. The number of hydrogen-bond acceptors (Lipinski definition) is 5. The Kier molecular flexibility index (Phi) is 4.46. The molecule has 0 unspecified atom stereocenters. The Morgan fingerprint density at radius 2 is 2.04 bits per heavy atom. The average Bonchev–Trinajstić information content (AvgIpc) is 3.16. The zero-order valence-corrected chi connectivity index (χ0v) is 15.1. The highest BCUT2D eigenvalue weighted by Crippen LogP contribution is 2.26. The first kappa shape index (κ1) is 16.8. The van der Waals surface area contributed by atoms with Crippen LogP contribution < -0.4 is 4.90 Å². The molecule has 1 saturated heterocycles. The van der Waals surface area contributed by atoms with Gasteiger partial charge in [-0.15, -0.1) is 0 Å². The number of aromatic nitrogens is 4. The summed E-state index contributed by atoms with van der Waals surface area (Å²) >= 11 is 5.84. The molecule has 4 rings (SSSR count). The van der Waals surface area contributed by atoms with Crippen molar-refractivity contribution in [3.63, 3.8) is 0 Å². The monoisotopic (exact) mass is 370 g/mol. The van der Waals surface area contributed by atoms with Crippen LogP contribution in [0.3, 0.4) is 0 Å². The first-order valence-electron chi connectivity index (χ1n) is 8.55. The van der Waals surface area contributed by atoms with Crippen LogP contribution in [0, 0.1) is 0 Å². The van der Waals surface area contributed by atoms with Gasteiger partial charge in [-0.05, 0) is 31.0 Å². The van der Waals surface area contributed by atoms with Crippen LogP contribution in [0.2, 0.25) is 5.02 Å². The number of H-pyrrole nitrogens is 1. The van der Waals surface area contributed by atoms with Gasteiger partial charge in [0, 0.05) is 38.6 Å². The van der Waals surface area contributed by atoms with E-state index in [0.717, 1.165) is 29.7 Å². The molecule has 1 N–H and O–H groups in total. The van der Waals surface area contributed by atoms with Crippen molar-refractivity contribution in [2.75, 3.05) is 25.0 Å². The number of carbonyl (C=O) groups excluding carboxylic acids is 1. The van der Waals surface area contributed by atoms with Gasteiger partial charge in [0.05, 0.1) is 10.4 Å². The van der Waals surface area contributed by atoms with E-state index in [0.29, 0.717) is 29.8 Å². The van der Waals surface area contributed by atoms with Crippen molar-refractivity contribution in [1.29, 1.82) is 0 Å². The smallest absolute Gasteiger partial charge is 0.272 e. The van der Waals surface area contributed by atoms with Gasteiger partial charge >= 0.3 is 0 Å². The number of nitrogens with one attached hydrogen (secondary N) is 1. The number of carbonyl (C=O) groups is 1. The van der Waals surface area contributed by atoms with E-state index in [9.17, 15) is 4.79 Å². The average molecular weight is 371 g/mol. The number of fused-ring (bicyclic) bond motifs is 1. The third kappa shape index (κ3) is 3.10. The summed E-state index contributed by atoms with van der Waals surface area (Å²) in [6.07, 6.45) is 6.72. The molecule has 1 amide bonds. The molecule has 1 aliphatic heterocycles. The Hall–Kier alpha value is -2.67. The van der Waals surface area contributed by atoms with Gasteiger partial charge in [-0.2, -0.15) is 0 Å². The van der Waals surface area contributed by atoms with Gasteiger partial charge in [0.15, 0.2) is 0 Å². The SMILES string of the molecule is CN(c1ncnc2[nH]ccc12)C1CCN(C(=O)c2ccc(Cl)cn2)CC1. The van der Waals surface area contributed by atoms with E-state index in [1.54, 1.807) is 18.5 Å². The van der Waals surface area contributed by atoms with Crippen molar-refractivity contribution >= 4 is 34.4 Å². The second-order valence-corrected chi connectivity index (χ2v) is 6.87. The highest BCUT2D eigenvalue weighted by atomic mass is 35.5. The molecular formula is C18H19ClN6O. The number of piperidine rings is 1. The van der Waals surface area contributed by atoms with Crippen LogP contribution in [0.5, 0.6) is 0 Å². The summed E-state index contributed by atoms with van der Waals surface area (Å²) < 4.78 is 0. The number of aromatic amines is 1. The van der Waals surface area contributed by atoms with Crippen LogP contribution in [-0.4, -0.2) is 56.9 Å². The van der Waals surface area contributed by atoms with Crippen LogP contribution in [0.25, 0.3) is 11.0 Å². The van der Waals surface area contributed by atoms with E-state index in [1.807, 2.05) is 17.2 Å². The molecule has 26 heavy (non-hydrogen) atoms. The molecule has 8 heteroatoms. The number of anilines is 1. The van der Waals surface area contributed by atoms with Crippen LogP contribution in [-0.2, 0) is 0 Å². The molecule has 3 aromatic heterocycles. The molecule has 0 aliphatic carbocycles. The largest absolute Gasteiger partial charge is 0.356 e. The van der Waals surface area contributed by atoms with Crippen molar-refractivity contribution in [2.24, 2.45) is 0 Å². The zero-order chi connectivity index (χ0) is 18.1. The lowest BCUT2D eigenvalue weighted by Gasteiger charge is -2.37. The second-order valence-electron chi connectivity index (χ2n) is 6.43. The highest BCUT2D eigenvalue weighted by molar-refractivity contribution is 6.30. The van der Waals surface area contributed by atoms with E-state index in [2.05, 4.69) is 31.9 Å². The fraction of sp³-hybridized carbons (Fsp3) is 0.333. The van der Waals surface area contributed by atoms with Gasteiger partial charge in [-0.1, -0.05) is 11.6 Å². The summed E-state index contributed by atoms with van der Waals surface area (Å²) in [7, 11) is 2.05. The Morgan fingerprint density at radius 1 is 1.23 bits per heavy atom. The first-order valence-corrected chi connectivity index (χ1v) is 8.93. The summed E-state index contributed by atoms with van der Waals surface area (Å²) in [4.78, 5) is 32.6. The lowest BCUT2D eigenvalue weighted by Crippen LogP contribution is -2.46. The topological polar surface area (TPSA) is 78.0 Å². The summed E-state index contributed by atoms with van der Waals surface area (Å²) in [6, 6.07) is 5.68. The second kappa shape index (κ2) is 6.92. The van der Waals surface area contributed by atoms with Crippen molar-refractivity contribution in [3.8, 4) is 0 Å². The predicted octanol–water partition coefficient (Wildman–Crippen LogP) is 2.75. The molecule has 3 aromatic rings. The first-order chi connectivity index (χ1) is 12.6. The molecule has 0 aromatic carbocycles. The quantitative estimate of drug-likeness (QED) is 0.767. The van der Waals surface area contributed by atoms with Crippen molar-refractivity contribution in [2.45, 2.75) is 18.9 Å². The number of hydrogen-bond donors (Lipinski definition) is 1. The summed E-state index contributed by atoms with van der Waals surface area (Å²) in [6.45, 7) is 1.39. The van der Waals surface area contributed by atoms with Crippen molar-refractivity contribution < 1.29 is 4.79 Å². The number of rotatable bonds is 3. The van der Waals surface area contributed by atoms with Gasteiger partial charge in [0.1, 0.15) is 23.5 Å². The molecule has 4 heterocycles. The van der Waals surface area contributed by atoms with Crippen LogP contribution in [0.1, 0.15) is 23.3 Å². The lowest BCUT2D eigenvalue weighted by molar-refractivity contribution is 0.0707. The van der Waals surface area contributed by atoms with E-state index >= 15 is 0 Å². The lowest BCUT2D eigenvalue weighted by atomic mass is 10.0. The Labute approximate surface area is 156 Å². The van der Waals surface area contributed by atoms with Crippen LogP contribution >= 0.6 is 11.6 Å². The fourth-order valence-electron chi connectivity index (χ4n) is 3.43. The van der Waals surface area contributed by atoms with Gasteiger partial charge in [0.2, 0.25) is 0 Å². The normalized spacial score (nSPS) is 15.4. The summed E-state index contributed by atoms with van der Waals surface area (Å²) in [5, 5.41) is 1.54. The van der Waals surface area contributed by atoms with Crippen molar-refractivity contribution in [1.82, 2.24) is 24.8 Å². The standard InChI is InChI=1S/C18H19ClN6O/c1-24(17-14-4-7-20-16(14)22-11-23-17)13-5-8-25(9-6-13)18(26)15-3-2-12(19)10-21-15/h2-4,7,10-11,13H,5-6,8-9H2,1H3,(H,20,22,23). The third-order valence-electron chi connectivity index (χ3n) is 4.91. The number of halogens is 1. The fourth-order valence-corrected chi connectivity index (χ4v) is 3.55. The van der Waals surface area contributed by atoms with Gasteiger partial charge < -0.3 is 14.8 Å². The minimum atomic E-state index is -0.0437. The van der Waals surface area contributed by atoms with Gasteiger partial charge in [0.25, 0.3) is 5.91 Å². The molecule has 134 valence electrons. The number of pyridine rings is 1. The molecule has 7 nitrogen and oxygen atoms in total. The predicted molar refractivity (Wildman–Crippen MR) is 100 cm³/mol. The number of amides is 1. The van der Waals surface area contributed by atoms with Gasteiger partial charge in [-0.25, -0.2) is 15.0 Å². The van der Waals surface area contributed by atoms with E-state index in [4.69, 9.17) is 11.6 Å². The van der Waals surface area contributed by atoms with Crippen LogP contribution in [0.4, 0.5) is 5.82 Å². The maximum atomic E-state index is 12.6. The van der Waals surface area contributed by atoms with Crippen molar-refractivity contribution in [3.05, 3.63) is 47.6 Å². The molecular weight excluding hydrogens is 352 g/mol. The summed E-state index contributed by atoms with van der Waals surface area (Å²) in [5.74, 6) is 0.873. The Balaban J connectivity index is 1.44.